The van der Waals surface area contributed by atoms with Crippen LogP contribution in [0.15, 0.2) is 11.6 Å². The first-order chi connectivity index (χ1) is 23.0. The fraction of sp³-hybridized carbons (Fsp3) is 0.925. The third-order valence-corrected chi connectivity index (χ3v) is 15.9. The monoisotopic (exact) mass is 690 g/mol. The number of epoxide rings is 1. The van der Waals surface area contributed by atoms with E-state index in [9.17, 15) is 30.3 Å². The number of fused-ring (bicyclic) bond motifs is 5. The number of rotatable bonds is 13. The Labute approximate surface area is 294 Å². The van der Waals surface area contributed by atoms with Crippen molar-refractivity contribution < 1.29 is 40.4 Å². The third kappa shape index (κ3) is 6.12. The van der Waals surface area contributed by atoms with Crippen molar-refractivity contribution >= 4 is 5.78 Å². The number of carbonyl (C=O) groups is 1. The first-order valence-electron chi connectivity index (χ1n) is 20.0. The lowest BCUT2D eigenvalue weighted by Gasteiger charge is -2.61. The zero-order valence-corrected chi connectivity index (χ0v) is 31.1. The first kappa shape index (κ1) is 37.8. The molecule has 4 aliphatic carbocycles. The summed E-state index contributed by atoms with van der Waals surface area (Å²) in [6.45, 7) is 10.6. The van der Waals surface area contributed by atoms with Crippen molar-refractivity contribution in [3.8, 4) is 0 Å². The van der Waals surface area contributed by atoms with Crippen LogP contribution in [0.1, 0.15) is 137 Å². The second-order valence-electron chi connectivity index (χ2n) is 18.7. The van der Waals surface area contributed by atoms with Crippen molar-refractivity contribution in [2.24, 2.45) is 45.7 Å². The topological polar surface area (TPSA) is 173 Å². The Hall–Kier alpha value is -0.910. The minimum absolute atomic E-state index is 0.0617. The number of ketones is 1. The Bertz CT molecular complexity index is 1250. The molecule has 0 spiro atoms. The fourth-order valence-corrected chi connectivity index (χ4v) is 12.3. The molecule has 0 bridgehead atoms. The van der Waals surface area contributed by atoms with Gasteiger partial charge in [0, 0.05) is 23.2 Å². The lowest BCUT2D eigenvalue weighted by Crippen LogP contribution is -2.94. The molecule has 0 radical (unpaired) electrons. The van der Waals surface area contributed by atoms with Crippen LogP contribution in [-0.2, 0) is 9.53 Å². The molecule has 5 fully saturated rings. The van der Waals surface area contributed by atoms with Gasteiger partial charge in [0.25, 0.3) is 0 Å². The molecular formula is C40H69N2O7+. The molecule has 49 heavy (non-hydrogen) atoms. The maximum atomic E-state index is 14.0. The number of nitrogens with two attached hydrogens (primary N) is 2. The molecule has 14 atom stereocenters. The lowest BCUT2D eigenvalue weighted by atomic mass is 9.44. The van der Waals surface area contributed by atoms with Gasteiger partial charge in [-0.2, -0.15) is 0 Å². The Morgan fingerprint density at radius 1 is 1.00 bits per heavy atom. The summed E-state index contributed by atoms with van der Waals surface area (Å²) in [6, 6.07) is 0. The summed E-state index contributed by atoms with van der Waals surface area (Å²) in [5.74, 6) is 0.110. The molecule has 0 amide bonds. The van der Waals surface area contributed by atoms with Gasteiger partial charge in [0.1, 0.15) is 18.4 Å². The first-order valence-corrected chi connectivity index (χ1v) is 20.0. The number of allylic oxidation sites excluding steroid dienone is 1. The van der Waals surface area contributed by atoms with E-state index in [4.69, 9.17) is 10.5 Å². The highest BCUT2D eigenvalue weighted by Crippen LogP contribution is 2.70. The Morgan fingerprint density at radius 3 is 2.45 bits per heavy atom. The van der Waals surface area contributed by atoms with E-state index in [1.54, 1.807) is 13.0 Å². The molecule has 9 N–H and O–H groups in total. The maximum Gasteiger partial charge on any atom is 0.159 e. The van der Waals surface area contributed by atoms with Gasteiger partial charge in [-0.15, -0.1) is 0 Å². The quantitative estimate of drug-likeness (QED) is 0.114. The van der Waals surface area contributed by atoms with Gasteiger partial charge in [0.05, 0.1) is 36.1 Å². The highest BCUT2D eigenvalue weighted by atomic mass is 16.6. The average Bonchev–Trinajstić information content (AvgIpc) is 3.83. The van der Waals surface area contributed by atoms with Crippen molar-refractivity contribution in [1.82, 2.24) is 0 Å². The van der Waals surface area contributed by atoms with Crippen LogP contribution in [0.25, 0.3) is 0 Å². The van der Waals surface area contributed by atoms with E-state index < -0.39 is 45.9 Å². The molecule has 6 rings (SSSR count). The predicted molar refractivity (Wildman–Crippen MR) is 188 cm³/mol. The van der Waals surface area contributed by atoms with Crippen LogP contribution in [0.3, 0.4) is 0 Å². The molecule has 2 heterocycles. The number of hydrogen-bond acceptors (Lipinski definition) is 8. The standard InChI is InChI=1S/C40H68N2O7/c1-6-7-8-9-15-39-18-11-26(44)22-29(39)30(45)23-28-27(39)12-17-36(3)31(13-19-40(28,36)48)37(4,46)33-34(49-33)38(5,47)35(2,24-43)16-10-25-14-20-42-32(41)21-25/h23,25-27,29,31-34,42-44,46-48H,6-22,24,41H2,1-5H3/p+1. The molecule has 0 aromatic heterocycles. The summed E-state index contributed by atoms with van der Waals surface area (Å²) in [5.41, 5.74) is 1.40. The minimum Gasteiger partial charge on any atom is -0.396 e. The van der Waals surface area contributed by atoms with Gasteiger partial charge in [-0.05, 0) is 119 Å². The summed E-state index contributed by atoms with van der Waals surface area (Å²) in [6.07, 6.45) is 13.8. The van der Waals surface area contributed by atoms with Crippen molar-refractivity contribution in [2.75, 3.05) is 13.2 Å². The number of quaternary nitrogens is 1. The molecule has 2 saturated heterocycles. The number of carbonyl (C=O) groups excluding carboxylic acids is 1. The highest BCUT2D eigenvalue weighted by Gasteiger charge is 2.73. The van der Waals surface area contributed by atoms with Crippen LogP contribution in [0, 0.1) is 39.9 Å². The summed E-state index contributed by atoms with van der Waals surface area (Å²) < 4.78 is 6.25. The van der Waals surface area contributed by atoms with Gasteiger partial charge >= 0.3 is 0 Å². The van der Waals surface area contributed by atoms with Gasteiger partial charge in [0.2, 0.25) is 0 Å². The molecular weight excluding hydrogens is 620 g/mol. The van der Waals surface area contributed by atoms with Gasteiger partial charge in [-0.1, -0.05) is 46.5 Å². The van der Waals surface area contributed by atoms with Crippen LogP contribution < -0.4 is 11.1 Å². The normalized spacial score (nSPS) is 45.6. The minimum atomic E-state index is -1.38. The number of ether oxygens (including phenoxy) is 1. The second kappa shape index (κ2) is 13.5. The zero-order chi connectivity index (χ0) is 35.6. The van der Waals surface area contributed by atoms with E-state index in [1.165, 1.54) is 6.42 Å². The summed E-state index contributed by atoms with van der Waals surface area (Å²) in [7, 11) is 0. The average molecular weight is 690 g/mol. The van der Waals surface area contributed by atoms with Gasteiger partial charge in [0.15, 0.2) is 5.78 Å². The van der Waals surface area contributed by atoms with E-state index in [2.05, 4.69) is 19.2 Å². The van der Waals surface area contributed by atoms with Crippen LogP contribution in [0.5, 0.6) is 0 Å². The van der Waals surface area contributed by atoms with Gasteiger partial charge < -0.3 is 35.6 Å². The smallest absolute Gasteiger partial charge is 0.159 e. The summed E-state index contributed by atoms with van der Waals surface area (Å²) in [5, 5.41) is 60.9. The van der Waals surface area contributed by atoms with E-state index in [-0.39, 0.29) is 41.7 Å². The van der Waals surface area contributed by atoms with Crippen molar-refractivity contribution in [2.45, 2.75) is 179 Å². The zero-order valence-electron chi connectivity index (χ0n) is 31.1. The van der Waals surface area contributed by atoms with E-state index in [1.807, 2.05) is 13.8 Å². The number of hydrogen-bond donors (Lipinski definition) is 7. The molecule has 0 aromatic carbocycles. The molecule has 14 unspecified atom stereocenters. The van der Waals surface area contributed by atoms with Gasteiger partial charge in [-0.25, -0.2) is 0 Å². The Kier molecular flexibility index (Phi) is 10.4. The number of aliphatic hydroxyl groups excluding tert-OH is 2. The van der Waals surface area contributed by atoms with Crippen LogP contribution in [0.4, 0.5) is 0 Å². The molecule has 280 valence electrons. The van der Waals surface area contributed by atoms with E-state index >= 15 is 0 Å². The molecule has 2 aliphatic heterocycles. The highest BCUT2D eigenvalue weighted by molar-refractivity contribution is 5.95. The SMILES string of the molecule is CCCCCCC12CCC(O)CC1C(=O)C=C1C2CCC2(C)C(C(C)(O)C3OC3C(C)(O)C(C)(CO)CCC3CC[NH2+]C(N)C3)CCC12O. The number of aliphatic hydroxyl groups is 5. The Morgan fingerprint density at radius 2 is 1.76 bits per heavy atom. The second-order valence-corrected chi connectivity index (χ2v) is 18.7. The third-order valence-electron chi connectivity index (χ3n) is 15.9. The molecule has 3 saturated carbocycles. The van der Waals surface area contributed by atoms with Crippen molar-refractivity contribution in [3.05, 3.63) is 11.6 Å². The summed E-state index contributed by atoms with van der Waals surface area (Å²) in [4.78, 5) is 14.0. The lowest BCUT2D eigenvalue weighted by molar-refractivity contribution is -0.699. The summed E-state index contributed by atoms with van der Waals surface area (Å²) >= 11 is 0. The maximum absolute atomic E-state index is 14.0. The molecule has 9 nitrogen and oxygen atoms in total. The van der Waals surface area contributed by atoms with Crippen molar-refractivity contribution in [3.63, 3.8) is 0 Å². The van der Waals surface area contributed by atoms with Gasteiger partial charge in [-0.3, -0.25) is 10.5 Å². The fourth-order valence-electron chi connectivity index (χ4n) is 12.3. The van der Waals surface area contributed by atoms with Crippen LogP contribution >= 0.6 is 0 Å². The van der Waals surface area contributed by atoms with Crippen LogP contribution in [0.2, 0.25) is 0 Å². The molecule has 9 heteroatoms. The Balaban J connectivity index is 1.22. The number of unbranched alkanes of at least 4 members (excludes halogenated alkanes) is 3. The molecule has 6 aliphatic rings. The van der Waals surface area contributed by atoms with E-state index in [0.29, 0.717) is 38.0 Å². The van der Waals surface area contributed by atoms with Crippen molar-refractivity contribution in [1.29, 1.82) is 0 Å². The molecule has 0 aromatic rings. The largest absolute Gasteiger partial charge is 0.396 e. The predicted octanol–water partition coefficient (Wildman–Crippen LogP) is 3.48. The van der Waals surface area contributed by atoms with Crippen LogP contribution in [-0.4, -0.2) is 85.7 Å². The van der Waals surface area contributed by atoms with E-state index in [0.717, 1.165) is 76.3 Å². The number of piperidine rings is 1.